The van der Waals surface area contributed by atoms with Crippen molar-refractivity contribution in [2.75, 3.05) is 23.7 Å². The van der Waals surface area contributed by atoms with Gasteiger partial charge in [-0.15, -0.1) is 0 Å². The Morgan fingerprint density at radius 3 is 2.35 bits per heavy atom. The molecule has 0 aromatic carbocycles. The highest BCUT2D eigenvalue weighted by molar-refractivity contribution is 5.33. The van der Waals surface area contributed by atoms with Crippen molar-refractivity contribution in [3.05, 3.63) is 29.7 Å². The van der Waals surface area contributed by atoms with Crippen molar-refractivity contribution in [2.45, 2.75) is 32.7 Å². The average Bonchev–Trinajstić information content (AvgIpc) is 2.84. The van der Waals surface area contributed by atoms with E-state index in [9.17, 15) is 0 Å². The third kappa shape index (κ3) is 2.59. The van der Waals surface area contributed by atoms with Crippen LogP contribution >= 0.6 is 0 Å². The van der Waals surface area contributed by atoms with Crippen LogP contribution in [-0.2, 0) is 0 Å². The van der Waals surface area contributed by atoms with E-state index >= 15 is 0 Å². The molecule has 106 valence electrons. The lowest BCUT2D eigenvalue weighted by Gasteiger charge is -2.32. The first-order valence-electron chi connectivity index (χ1n) is 7.00. The number of anilines is 2. The number of rotatable bonds is 2. The van der Waals surface area contributed by atoms with Crippen LogP contribution in [0.25, 0.3) is 0 Å². The third-order valence-electron chi connectivity index (χ3n) is 3.72. The lowest BCUT2D eigenvalue weighted by atomic mass is 10.1. The van der Waals surface area contributed by atoms with Gasteiger partial charge in [-0.05, 0) is 38.8 Å². The SMILES string of the molecule is Cc1cc(C)nc(N2CCC(n3ccc(N)n3)CC2)n1. The first kappa shape index (κ1) is 12.9. The smallest absolute Gasteiger partial charge is 0.225 e. The van der Waals surface area contributed by atoms with E-state index in [2.05, 4.69) is 20.0 Å². The van der Waals surface area contributed by atoms with Gasteiger partial charge in [0, 0.05) is 30.7 Å². The van der Waals surface area contributed by atoms with Crippen molar-refractivity contribution < 1.29 is 0 Å². The fraction of sp³-hybridized carbons (Fsp3) is 0.500. The number of aryl methyl sites for hydroxylation is 2. The monoisotopic (exact) mass is 272 g/mol. The maximum atomic E-state index is 5.67. The van der Waals surface area contributed by atoms with Crippen LogP contribution in [0.4, 0.5) is 11.8 Å². The molecular formula is C14H20N6. The Hall–Kier alpha value is -2.11. The van der Waals surface area contributed by atoms with Crippen molar-refractivity contribution in [3.8, 4) is 0 Å². The van der Waals surface area contributed by atoms with Gasteiger partial charge in [0.15, 0.2) is 0 Å². The second-order valence-corrected chi connectivity index (χ2v) is 5.39. The minimum absolute atomic E-state index is 0.425. The van der Waals surface area contributed by atoms with Crippen molar-refractivity contribution in [1.29, 1.82) is 0 Å². The lowest BCUT2D eigenvalue weighted by Crippen LogP contribution is -2.36. The van der Waals surface area contributed by atoms with Crippen LogP contribution in [0.5, 0.6) is 0 Å². The molecule has 6 heteroatoms. The van der Waals surface area contributed by atoms with Crippen molar-refractivity contribution in [2.24, 2.45) is 0 Å². The third-order valence-corrected chi connectivity index (χ3v) is 3.72. The molecule has 20 heavy (non-hydrogen) atoms. The zero-order chi connectivity index (χ0) is 14.1. The zero-order valence-electron chi connectivity index (χ0n) is 12.0. The van der Waals surface area contributed by atoms with E-state index in [1.54, 1.807) is 0 Å². The number of aromatic nitrogens is 4. The number of hydrogen-bond donors (Lipinski definition) is 1. The van der Waals surface area contributed by atoms with Gasteiger partial charge in [0.05, 0.1) is 6.04 Å². The van der Waals surface area contributed by atoms with E-state index in [1.807, 2.05) is 36.9 Å². The van der Waals surface area contributed by atoms with E-state index in [0.717, 1.165) is 43.3 Å². The first-order chi connectivity index (χ1) is 9.61. The van der Waals surface area contributed by atoms with E-state index in [1.165, 1.54) is 0 Å². The van der Waals surface area contributed by atoms with Gasteiger partial charge >= 0.3 is 0 Å². The summed E-state index contributed by atoms with van der Waals surface area (Å²) >= 11 is 0. The summed E-state index contributed by atoms with van der Waals surface area (Å²) in [6.07, 6.45) is 4.04. The van der Waals surface area contributed by atoms with E-state index < -0.39 is 0 Å². The molecule has 0 saturated carbocycles. The zero-order valence-corrected chi connectivity index (χ0v) is 12.0. The Labute approximate surface area is 118 Å². The average molecular weight is 272 g/mol. The number of hydrogen-bond acceptors (Lipinski definition) is 5. The van der Waals surface area contributed by atoms with Crippen LogP contribution in [0.3, 0.4) is 0 Å². The molecule has 1 fully saturated rings. The Bertz CT molecular complexity index is 577. The maximum absolute atomic E-state index is 5.67. The number of nitrogens with zero attached hydrogens (tertiary/aromatic N) is 5. The largest absolute Gasteiger partial charge is 0.382 e. The summed E-state index contributed by atoms with van der Waals surface area (Å²) in [6, 6.07) is 4.27. The van der Waals surface area contributed by atoms with Crippen molar-refractivity contribution >= 4 is 11.8 Å². The van der Waals surface area contributed by atoms with Gasteiger partial charge in [0.25, 0.3) is 0 Å². The molecule has 2 aromatic heterocycles. The molecule has 2 N–H and O–H groups in total. The summed E-state index contributed by atoms with van der Waals surface area (Å²) in [7, 11) is 0. The van der Waals surface area contributed by atoms with Gasteiger partial charge in [0.1, 0.15) is 5.82 Å². The molecule has 0 amide bonds. The van der Waals surface area contributed by atoms with Gasteiger partial charge in [-0.1, -0.05) is 0 Å². The molecule has 1 aliphatic rings. The molecule has 3 rings (SSSR count). The summed E-state index contributed by atoms with van der Waals surface area (Å²) in [5.41, 5.74) is 7.72. The van der Waals surface area contributed by atoms with Crippen LogP contribution in [0.15, 0.2) is 18.3 Å². The van der Waals surface area contributed by atoms with Crippen LogP contribution in [0, 0.1) is 13.8 Å². The van der Waals surface area contributed by atoms with E-state index in [-0.39, 0.29) is 0 Å². The Morgan fingerprint density at radius 2 is 1.80 bits per heavy atom. The predicted octanol–water partition coefficient (Wildman–Crippen LogP) is 1.71. The van der Waals surface area contributed by atoms with Crippen LogP contribution in [-0.4, -0.2) is 32.8 Å². The van der Waals surface area contributed by atoms with Gasteiger partial charge in [-0.3, -0.25) is 4.68 Å². The molecule has 0 unspecified atom stereocenters. The highest BCUT2D eigenvalue weighted by Crippen LogP contribution is 2.24. The highest BCUT2D eigenvalue weighted by atomic mass is 15.3. The van der Waals surface area contributed by atoms with Gasteiger partial charge in [0.2, 0.25) is 5.95 Å². The van der Waals surface area contributed by atoms with Crippen molar-refractivity contribution in [1.82, 2.24) is 19.7 Å². The predicted molar refractivity (Wildman–Crippen MR) is 78.6 cm³/mol. The summed E-state index contributed by atoms with van der Waals surface area (Å²) in [5.74, 6) is 1.44. The standard InChI is InChI=1S/C14H20N6/c1-10-9-11(2)17-14(16-10)19-6-3-12(4-7-19)20-8-5-13(15)18-20/h5,8-9,12H,3-4,6-7H2,1-2H3,(H2,15,18). The molecule has 0 spiro atoms. The minimum Gasteiger partial charge on any atom is -0.382 e. The molecule has 0 atom stereocenters. The first-order valence-corrected chi connectivity index (χ1v) is 7.00. The van der Waals surface area contributed by atoms with Gasteiger partial charge < -0.3 is 10.6 Å². The Kier molecular flexibility index (Phi) is 3.30. The number of piperidine rings is 1. The number of nitrogen functional groups attached to an aromatic ring is 1. The van der Waals surface area contributed by atoms with Crippen LogP contribution in [0.1, 0.15) is 30.3 Å². The van der Waals surface area contributed by atoms with E-state index in [0.29, 0.717) is 11.9 Å². The van der Waals surface area contributed by atoms with Crippen LogP contribution < -0.4 is 10.6 Å². The second kappa shape index (κ2) is 5.11. The molecule has 0 bridgehead atoms. The normalized spacial score (nSPS) is 16.6. The Balaban J connectivity index is 1.69. The summed E-state index contributed by atoms with van der Waals surface area (Å²) in [4.78, 5) is 11.3. The molecule has 0 aliphatic carbocycles. The molecule has 2 aromatic rings. The molecule has 0 radical (unpaired) electrons. The number of nitrogens with two attached hydrogens (primary N) is 1. The minimum atomic E-state index is 0.425. The molecule has 6 nitrogen and oxygen atoms in total. The molecule has 1 saturated heterocycles. The van der Waals surface area contributed by atoms with Crippen LogP contribution in [0.2, 0.25) is 0 Å². The van der Waals surface area contributed by atoms with Gasteiger partial charge in [-0.2, -0.15) is 5.10 Å². The van der Waals surface area contributed by atoms with Gasteiger partial charge in [-0.25, -0.2) is 9.97 Å². The quantitative estimate of drug-likeness (QED) is 0.901. The Morgan fingerprint density at radius 1 is 1.15 bits per heavy atom. The van der Waals surface area contributed by atoms with E-state index in [4.69, 9.17) is 5.73 Å². The van der Waals surface area contributed by atoms with Crippen molar-refractivity contribution in [3.63, 3.8) is 0 Å². The molecule has 3 heterocycles. The highest BCUT2D eigenvalue weighted by Gasteiger charge is 2.22. The lowest BCUT2D eigenvalue weighted by molar-refractivity contribution is 0.365. The topological polar surface area (TPSA) is 72.9 Å². The summed E-state index contributed by atoms with van der Waals surface area (Å²) < 4.78 is 1.98. The second-order valence-electron chi connectivity index (χ2n) is 5.39. The summed E-state index contributed by atoms with van der Waals surface area (Å²) in [6.45, 7) is 5.93. The maximum Gasteiger partial charge on any atom is 0.225 e. The fourth-order valence-corrected chi connectivity index (χ4v) is 2.74. The molecular weight excluding hydrogens is 252 g/mol. The summed E-state index contributed by atoms with van der Waals surface area (Å²) in [5, 5.41) is 4.31. The molecule has 1 aliphatic heterocycles. The fourth-order valence-electron chi connectivity index (χ4n) is 2.74.